The molecule has 0 amide bonds. The fourth-order valence-electron chi connectivity index (χ4n) is 2.99. The van der Waals surface area contributed by atoms with E-state index in [4.69, 9.17) is 0 Å². The van der Waals surface area contributed by atoms with Gasteiger partial charge in [0, 0.05) is 24.3 Å². The van der Waals surface area contributed by atoms with Crippen LogP contribution >= 0.6 is 0 Å². The van der Waals surface area contributed by atoms with E-state index in [9.17, 15) is 0 Å². The van der Waals surface area contributed by atoms with E-state index in [0.29, 0.717) is 0 Å². The van der Waals surface area contributed by atoms with E-state index < -0.39 is 0 Å². The van der Waals surface area contributed by atoms with E-state index >= 15 is 0 Å². The third-order valence-electron chi connectivity index (χ3n) is 4.05. The average Bonchev–Trinajstić information content (AvgIpc) is 2.96. The number of anilines is 1. The maximum atomic E-state index is 4.67. The minimum atomic E-state index is 0.733. The molecular weight excluding hydrogens is 248 g/mol. The van der Waals surface area contributed by atoms with Crippen molar-refractivity contribution in [3.63, 3.8) is 0 Å². The zero-order valence-electron chi connectivity index (χ0n) is 13.2. The molecule has 2 rings (SSSR count). The van der Waals surface area contributed by atoms with Gasteiger partial charge in [0.25, 0.3) is 0 Å². The van der Waals surface area contributed by atoms with Gasteiger partial charge in [0.05, 0.1) is 6.54 Å². The quantitative estimate of drug-likeness (QED) is 0.829. The summed E-state index contributed by atoms with van der Waals surface area (Å²) in [5.74, 6) is 1.93. The Bertz CT molecular complexity index is 413. The first kappa shape index (κ1) is 15.2. The van der Waals surface area contributed by atoms with E-state index in [1.807, 2.05) is 13.0 Å². The summed E-state index contributed by atoms with van der Waals surface area (Å²) < 4.78 is 0. The first-order chi connectivity index (χ1) is 9.72. The molecule has 0 spiro atoms. The van der Waals surface area contributed by atoms with E-state index in [1.54, 1.807) is 0 Å². The lowest BCUT2D eigenvalue weighted by atomic mass is 10.2. The molecule has 112 valence electrons. The van der Waals surface area contributed by atoms with Crippen LogP contribution in [0.2, 0.25) is 0 Å². The fraction of sp³-hybridized carbons (Fsp3) is 0.750. The summed E-state index contributed by atoms with van der Waals surface area (Å²) in [6.45, 7) is 9.39. The Kier molecular flexibility index (Phi) is 5.77. The van der Waals surface area contributed by atoms with Crippen LogP contribution in [0.1, 0.15) is 57.5 Å². The van der Waals surface area contributed by atoms with Gasteiger partial charge in [-0.25, -0.2) is 9.97 Å². The lowest BCUT2D eigenvalue weighted by molar-refractivity contribution is 0.195. The Labute approximate surface area is 123 Å². The van der Waals surface area contributed by atoms with Crippen LogP contribution < -0.4 is 5.32 Å². The number of nitrogens with zero attached hydrogens (tertiary/aromatic N) is 3. The van der Waals surface area contributed by atoms with Crippen molar-refractivity contribution in [2.45, 2.75) is 65.5 Å². The zero-order chi connectivity index (χ0) is 14.4. The monoisotopic (exact) mass is 276 g/mol. The molecule has 0 radical (unpaired) electrons. The Hall–Kier alpha value is -1.16. The molecule has 1 saturated carbocycles. The number of hydrogen-bond acceptors (Lipinski definition) is 4. The summed E-state index contributed by atoms with van der Waals surface area (Å²) in [5.41, 5.74) is 1.05. The highest BCUT2D eigenvalue weighted by Crippen LogP contribution is 2.24. The Morgan fingerprint density at radius 3 is 2.65 bits per heavy atom. The molecule has 1 heterocycles. The highest BCUT2D eigenvalue weighted by molar-refractivity contribution is 5.35. The number of nitrogens with one attached hydrogen (secondary N) is 1. The number of aromatic nitrogens is 2. The van der Waals surface area contributed by atoms with Gasteiger partial charge in [0.15, 0.2) is 0 Å². The van der Waals surface area contributed by atoms with Gasteiger partial charge in [-0.1, -0.05) is 26.7 Å². The van der Waals surface area contributed by atoms with Crippen LogP contribution in [0.25, 0.3) is 0 Å². The molecule has 0 aromatic carbocycles. The van der Waals surface area contributed by atoms with Gasteiger partial charge in [-0.15, -0.1) is 0 Å². The van der Waals surface area contributed by atoms with Crippen LogP contribution in [-0.2, 0) is 6.54 Å². The van der Waals surface area contributed by atoms with E-state index in [1.165, 1.54) is 25.7 Å². The van der Waals surface area contributed by atoms with Gasteiger partial charge in [0.2, 0.25) is 0 Å². The molecule has 4 nitrogen and oxygen atoms in total. The van der Waals surface area contributed by atoms with Gasteiger partial charge >= 0.3 is 0 Å². The van der Waals surface area contributed by atoms with E-state index in [2.05, 4.69) is 34.0 Å². The lowest BCUT2D eigenvalue weighted by Gasteiger charge is -2.26. The topological polar surface area (TPSA) is 41.1 Å². The SMILES string of the molecule is CCCNc1cc(C)nc(CN(CC)C2CCCC2)n1. The number of rotatable bonds is 7. The Morgan fingerprint density at radius 2 is 2.00 bits per heavy atom. The highest BCUT2D eigenvalue weighted by atomic mass is 15.2. The highest BCUT2D eigenvalue weighted by Gasteiger charge is 2.22. The van der Waals surface area contributed by atoms with Crippen LogP contribution in [-0.4, -0.2) is 34.0 Å². The molecule has 0 aliphatic heterocycles. The summed E-state index contributed by atoms with van der Waals surface area (Å²) in [4.78, 5) is 11.8. The second-order valence-corrected chi connectivity index (χ2v) is 5.74. The van der Waals surface area contributed by atoms with Crippen LogP contribution in [0.15, 0.2) is 6.07 Å². The van der Waals surface area contributed by atoms with Crippen LogP contribution in [0.5, 0.6) is 0 Å². The second kappa shape index (κ2) is 7.58. The second-order valence-electron chi connectivity index (χ2n) is 5.74. The molecule has 20 heavy (non-hydrogen) atoms. The molecular formula is C16H28N4. The van der Waals surface area contributed by atoms with Crippen LogP contribution in [0.4, 0.5) is 5.82 Å². The third kappa shape index (κ3) is 4.17. The molecule has 0 saturated heterocycles. The average molecular weight is 276 g/mol. The molecule has 0 atom stereocenters. The molecule has 1 fully saturated rings. The first-order valence-electron chi connectivity index (χ1n) is 8.05. The van der Waals surface area contributed by atoms with Crippen molar-refractivity contribution in [3.8, 4) is 0 Å². The minimum Gasteiger partial charge on any atom is -0.370 e. The van der Waals surface area contributed by atoms with E-state index in [-0.39, 0.29) is 0 Å². The molecule has 1 aliphatic rings. The summed E-state index contributed by atoms with van der Waals surface area (Å²) in [7, 11) is 0. The van der Waals surface area contributed by atoms with Crippen molar-refractivity contribution >= 4 is 5.82 Å². The molecule has 0 bridgehead atoms. The molecule has 0 unspecified atom stereocenters. The van der Waals surface area contributed by atoms with Crippen molar-refractivity contribution in [1.82, 2.24) is 14.9 Å². The van der Waals surface area contributed by atoms with Gasteiger partial charge < -0.3 is 5.32 Å². The minimum absolute atomic E-state index is 0.733. The number of aryl methyl sites for hydroxylation is 1. The largest absolute Gasteiger partial charge is 0.370 e. The predicted octanol–water partition coefficient (Wildman–Crippen LogP) is 3.37. The standard InChI is InChI=1S/C16H28N4/c1-4-10-17-15-11-13(3)18-16(19-15)12-20(5-2)14-8-6-7-9-14/h11,14H,4-10,12H2,1-3H3,(H,17,18,19). The van der Waals surface area contributed by atoms with Crippen molar-refractivity contribution in [1.29, 1.82) is 0 Å². The molecule has 1 aromatic rings. The summed E-state index contributed by atoms with van der Waals surface area (Å²) in [6, 6.07) is 2.77. The molecule has 4 heteroatoms. The third-order valence-corrected chi connectivity index (χ3v) is 4.05. The van der Waals surface area contributed by atoms with Gasteiger partial charge in [-0.2, -0.15) is 0 Å². The molecule has 1 aliphatic carbocycles. The maximum absolute atomic E-state index is 4.67. The normalized spacial score (nSPS) is 16.0. The van der Waals surface area contributed by atoms with Gasteiger partial charge in [0.1, 0.15) is 11.6 Å². The van der Waals surface area contributed by atoms with Gasteiger partial charge in [-0.3, -0.25) is 4.90 Å². The van der Waals surface area contributed by atoms with Crippen LogP contribution in [0, 0.1) is 6.92 Å². The van der Waals surface area contributed by atoms with Crippen molar-refractivity contribution in [2.24, 2.45) is 0 Å². The van der Waals surface area contributed by atoms with Crippen molar-refractivity contribution in [2.75, 3.05) is 18.4 Å². The zero-order valence-corrected chi connectivity index (χ0v) is 13.2. The van der Waals surface area contributed by atoms with Crippen molar-refractivity contribution < 1.29 is 0 Å². The van der Waals surface area contributed by atoms with Crippen LogP contribution in [0.3, 0.4) is 0 Å². The smallest absolute Gasteiger partial charge is 0.144 e. The summed E-state index contributed by atoms with van der Waals surface area (Å²) in [5, 5.41) is 3.37. The molecule has 1 aromatic heterocycles. The first-order valence-corrected chi connectivity index (χ1v) is 8.05. The Morgan fingerprint density at radius 1 is 1.25 bits per heavy atom. The summed E-state index contributed by atoms with van der Waals surface area (Å²) in [6.07, 6.45) is 6.53. The maximum Gasteiger partial charge on any atom is 0.144 e. The van der Waals surface area contributed by atoms with E-state index in [0.717, 1.165) is 49.4 Å². The fourth-order valence-corrected chi connectivity index (χ4v) is 2.99. The predicted molar refractivity (Wildman–Crippen MR) is 83.9 cm³/mol. The lowest BCUT2D eigenvalue weighted by Crippen LogP contribution is -2.33. The Balaban J connectivity index is 2.04. The molecule has 1 N–H and O–H groups in total. The number of hydrogen-bond donors (Lipinski definition) is 1. The van der Waals surface area contributed by atoms with Crippen molar-refractivity contribution in [3.05, 3.63) is 17.6 Å². The van der Waals surface area contributed by atoms with Gasteiger partial charge in [-0.05, 0) is 32.7 Å². The summed E-state index contributed by atoms with van der Waals surface area (Å²) >= 11 is 0.